The summed E-state index contributed by atoms with van der Waals surface area (Å²) in [6.07, 6.45) is -0.796. The number of rotatable bonds is 2. The number of nitrogens with zero attached hydrogens (tertiary/aromatic N) is 1. The second kappa shape index (κ2) is 5.61. The summed E-state index contributed by atoms with van der Waals surface area (Å²) >= 11 is 0. The van der Waals surface area contributed by atoms with Crippen molar-refractivity contribution in [3.63, 3.8) is 0 Å². The van der Waals surface area contributed by atoms with Crippen LogP contribution < -0.4 is 0 Å². The lowest BCUT2D eigenvalue weighted by Crippen LogP contribution is -2.40. The summed E-state index contributed by atoms with van der Waals surface area (Å²) < 4.78 is 0. The summed E-state index contributed by atoms with van der Waals surface area (Å²) in [5, 5.41) is 28.8. The third-order valence-electron chi connectivity index (χ3n) is 3.88. The molecular formula is C16H21NO5. The lowest BCUT2D eigenvalue weighted by atomic mass is 9.85. The van der Waals surface area contributed by atoms with Crippen LogP contribution in [0.2, 0.25) is 0 Å². The molecular weight excluding hydrogens is 286 g/mol. The third kappa shape index (κ3) is 3.06. The molecule has 2 unspecified atom stereocenters. The van der Waals surface area contributed by atoms with Crippen molar-refractivity contribution in [3.8, 4) is 5.75 Å². The number of aliphatic hydroxyl groups is 1. The summed E-state index contributed by atoms with van der Waals surface area (Å²) in [6.45, 7) is 5.74. The van der Waals surface area contributed by atoms with Crippen LogP contribution in [0, 0.1) is 0 Å². The van der Waals surface area contributed by atoms with Gasteiger partial charge in [0.05, 0.1) is 6.10 Å². The molecule has 0 spiro atoms. The summed E-state index contributed by atoms with van der Waals surface area (Å²) in [4.78, 5) is 25.0. The van der Waals surface area contributed by atoms with Gasteiger partial charge in [0, 0.05) is 24.1 Å². The highest BCUT2D eigenvalue weighted by Crippen LogP contribution is 2.32. The van der Waals surface area contributed by atoms with E-state index in [0.717, 1.165) is 0 Å². The number of carboxylic acids is 1. The van der Waals surface area contributed by atoms with Crippen molar-refractivity contribution in [2.24, 2.45) is 0 Å². The first-order chi connectivity index (χ1) is 10.1. The molecule has 6 heteroatoms. The van der Waals surface area contributed by atoms with Gasteiger partial charge in [0.25, 0.3) is 5.91 Å². The number of likely N-dealkylation sites (tertiary alicyclic amines) is 1. The lowest BCUT2D eigenvalue weighted by molar-refractivity contribution is -0.141. The van der Waals surface area contributed by atoms with Gasteiger partial charge in [0.2, 0.25) is 0 Å². The van der Waals surface area contributed by atoms with Gasteiger partial charge < -0.3 is 20.2 Å². The van der Waals surface area contributed by atoms with Crippen LogP contribution in [0.4, 0.5) is 0 Å². The Morgan fingerprint density at radius 2 is 1.91 bits per heavy atom. The van der Waals surface area contributed by atoms with Crippen LogP contribution in [-0.4, -0.2) is 50.8 Å². The van der Waals surface area contributed by atoms with Crippen molar-refractivity contribution in [1.82, 2.24) is 4.90 Å². The molecule has 1 aliphatic heterocycles. The SMILES string of the molecule is CC(C)(C)c1cc(C(=O)N2CC(O)CC2C(=O)O)ccc1O. The number of carbonyl (C=O) groups is 2. The second-order valence-corrected chi connectivity index (χ2v) is 6.68. The first kappa shape index (κ1) is 16.3. The van der Waals surface area contributed by atoms with Crippen molar-refractivity contribution >= 4 is 11.9 Å². The molecule has 0 bridgehead atoms. The molecule has 1 amide bonds. The van der Waals surface area contributed by atoms with Gasteiger partial charge in [-0.05, 0) is 23.6 Å². The fourth-order valence-corrected chi connectivity index (χ4v) is 2.71. The molecule has 22 heavy (non-hydrogen) atoms. The largest absolute Gasteiger partial charge is 0.508 e. The van der Waals surface area contributed by atoms with Crippen LogP contribution >= 0.6 is 0 Å². The zero-order valence-electron chi connectivity index (χ0n) is 12.9. The first-order valence-electron chi connectivity index (χ1n) is 7.16. The van der Waals surface area contributed by atoms with Crippen molar-refractivity contribution in [2.45, 2.75) is 44.8 Å². The molecule has 1 aliphatic rings. The van der Waals surface area contributed by atoms with E-state index in [2.05, 4.69) is 0 Å². The van der Waals surface area contributed by atoms with Crippen molar-refractivity contribution in [1.29, 1.82) is 0 Å². The average molecular weight is 307 g/mol. The number of hydrogen-bond donors (Lipinski definition) is 3. The molecule has 0 aromatic heterocycles. The smallest absolute Gasteiger partial charge is 0.326 e. The quantitative estimate of drug-likeness (QED) is 0.766. The van der Waals surface area contributed by atoms with Crippen molar-refractivity contribution in [2.75, 3.05) is 6.54 Å². The average Bonchev–Trinajstić information content (AvgIpc) is 2.79. The Kier molecular flexibility index (Phi) is 4.15. The van der Waals surface area contributed by atoms with Crippen LogP contribution in [-0.2, 0) is 10.2 Å². The number of phenolic OH excluding ortho intramolecular Hbond substituents is 1. The van der Waals surface area contributed by atoms with Gasteiger partial charge in [-0.1, -0.05) is 20.8 Å². The van der Waals surface area contributed by atoms with E-state index in [1.54, 1.807) is 6.07 Å². The molecule has 0 aliphatic carbocycles. The molecule has 6 nitrogen and oxygen atoms in total. The highest BCUT2D eigenvalue weighted by atomic mass is 16.4. The molecule has 3 N–H and O–H groups in total. The van der Waals surface area contributed by atoms with Gasteiger partial charge in [0.1, 0.15) is 11.8 Å². The normalized spacial score (nSPS) is 21.9. The first-order valence-corrected chi connectivity index (χ1v) is 7.16. The van der Waals surface area contributed by atoms with Crippen molar-refractivity contribution in [3.05, 3.63) is 29.3 Å². The fourth-order valence-electron chi connectivity index (χ4n) is 2.71. The van der Waals surface area contributed by atoms with Crippen LogP contribution in [0.3, 0.4) is 0 Å². The molecule has 1 heterocycles. The van der Waals surface area contributed by atoms with Gasteiger partial charge in [-0.15, -0.1) is 0 Å². The predicted octanol–water partition coefficient (Wildman–Crippen LogP) is 1.35. The summed E-state index contributed by atoms with van der Waals surface area (Å²) in [5.41, 5.74) is 0.574. The standard InChI is InChI=1S/C16H21NO5/c1-16(2,3)11-6-9(4-5-13(11)19)14(20)17-8-10(18)7-12(17)15(21)22/h4-6,10,12,18-19H,7-8H2,1-3H3,(H,21,22). The summed E-state index contributed by atoms with van der Waals surface area (Å²) in [5.74, 6) is -1.48. The maximum absolute atomic E-state index is 12.6. The number of β-amino-alcohol motifs (C(OH)–C–C–N with tert-alkyl or cyclic N) is 1. The minimum Gasteiger partial charge on any atom is -0.508 e. The number of benzene rings is 1. The number of amides is 1. The van der Waals surface area contributed by atoms with E-state index in [4.69, 9.17) is 0 Å². The molecule has 2 atom stereocenters. The predicted molar refractivity (Wildman–Crippen MR) is 79.9 cm³/mol. The van der Waals surface area contributed by atoms with E-state index in [1.165, 1.54) is 17.0 Å². The van der Waals surface area contributed by atoms with Crippen LogP contribution in [0.1, 0.15) is 43.1 Å². The third-order valence-corrected chi connectivity index (χ3v) is 3.88. The molecule has 1 fully saturated rings. The molecule has 0 radical (unpaired) electrons. The fraction of sp³-hybridized carbons (Fsp3) is 0.500. The lowest BCUT2D eigenvalue weighted by Gasteiger charge is -2.24. The van der Waals surface area contributed by atoms with E-state index in [0.29, 0.717) is 11.1 Å². The Hall–Kier alpha value is -2.08. The Morgan fingerprint density at radius 1 is 1.27 bits per heavy atom. The van der Waals surface area contributed by atoms with Crippen molar-refractivity contribution < 1.29 is 24.9 Å². The molecule has 0 saturated carbocycles. The van der Waals surface area contributed by atoms with E-state index in [9.17, 15) is 24.9 Å². The molecule has 1 aromatic carbocycles. The van der Waals surface area contributed by atoms with E-state index in [1.807, 2.05) is 20.8 Å². The van der Waals surface area contributed by atoms with Gasteiger partial charge in [-0.3, -0.25) is 4.79 Å². The maximum Gasteiger partial charge on any atom is 0.326 e. The minimum absolute atomic E-state index is 0.00152. The van der Waals surface area contributed by atoms with Crippen LogP contribution in [0.25, 0.3) is 0 Å². The van der Waals surface area contributed by atoms with Gasteiger partial charge in [-0.2, -0.15) is 0 Å². The number of aliphatic carboxylic acids is 1. The zero-order chi connectivity index (χ0) is 16.7. The monoisotopic (exact) mass is 307 g/mol. The van der Waals surface area contributed by atoms with E-state index < -0.39 is 24.0 Å². The van der Waals surface area contributed by atoms with Crippen LogP contribution in [0.5, 0.6) is 5.75 Å². The van der Waals surface area contributed by atoms with Gasteiger partial charge >= 0.3 is 5.97 Å². The van der Waals surface area contributed by atoms with Gasteiger partial charge in [-0.25, -0.2) is 4.79 Å². The maximum atomic E-state index is 12.6. The minimum atomic E-state index is -1.13. The topological polar surface area (TPSA) is 98.1 Å². The summed E-state index contributed by atoms with van der Waals surface area (Å²) in [6, 6.07) is 3.47. The molecule has 2 rings (SSSR count). The Labute approximate surface area is 129 Å². The van der Waals surface area contributed by atoms with Crippen LogP contribution in [0.15, 0.2) is 18.2 Å². The zero-order valence-corrected chi connectivity index (χ0v) is 12.9. The number of phenols is 1. The molecule has 1 saturated heterocycles. The Morgan fingerprint density at radius 3 is 2.45 bits per heavy atom. The number of aromatic hydroxyl groups is 1. The number of aliphatic hydroxyl groups excluding tert-OH is 1. The Bertz CT molecular complexity index is 605. The van der Waals surface area contributed by atoms with E-state index >= 15 is 0 Å². The summed E-state index contributed by atoms with van der Waals surface area (Å²) in [7, 11) is 0. The molecule has 1 aromatic rings. The number of hydrogen-bond acceptors (Lipinski definition) is 4. The second-order valence-electron chi connectivity index (χ2n) is 6.68. The van der Waals surface area contributed by atoms with E-state index in [-0.39, 0.29) is 24.1 Å². The number of carbonyl (C=O) groups excluding carboxylic acids is 1. The molecule has 120 valence electrons. The number of carboxylic acid groups (broad SMARTS) is 1. The Balaban J connectivity index is 2.36. The van der Waals surface area contributed by atoms with Gasteiger partial charge in [0.15, 0.2) is 0 Å². The highest BCUT2D eigenvalue weighted by molar-refractivity contribution is 5.97. The highest BCUT2D eigenvalue weighted by Gasteiger charge is 2.39.